The van der Waals surface area contributed by atoms with Gasteiger partial charge in [-0.2, -0.15) is 0 Å². The molecule has 0 saturated heterocycles. The number of carbonyl (C=O) groups is 1. The van der Waals surface area contributed by atoms with Crippen LogP contribution < -0.4 is 0 Å². The predicted molar refractivity (Wildman–Crippen MR) is 110 cm³/mol. The largest absolute Gasteiger partial charge is 0.488 e. The van der Waals surface area contributed by atoms with Crippen LogP contribution in [0.25, 0.3) is 0 Å². The van der Waals surface area contributed by atoms with E-state index in [1.165, 1.54) is 30.4 Å². The number of aliphatic imine (C=N–C) groups is 1. The number of hydrogen-bond donors (Lipinski definition) is 1. The summed E-state index contributed by atoms with van der Waals surface area (Å²) in [6, 6.07) is 8.02. The maximum atomic E-state index is 11.5. The minimum absolute atomic E-state index is 0.197. The average molecular weight is 372 g/mol. The van der Waals surface area contributed by atoms with Crippen molar-refractivity contribution in [3.05, 3.63) is 83.8 Å². The molecule has 0 aliphatic carbocycles. The quantitative estimate of drug-likeness (QED) is 0.230. The number of thioether (sulfide) groups is 1. The lowest BCUT2D eigenvalue weighted by Crippen LogP contribution is -2.05. The van der Waals surface area contributed by atoms with Gasteiger partial charge in [0.15, 0.2) is 5.78 Å². The third-order valence-corrected chi connectivity index (χ3v) is 4.27. The van der Waals surface area contributed by atoms with Gasteiger partial charge in [-0.1, -0.05) is 43.0 Å². The number of rotatable bonds is 9. The molecule has 0 aromatic heterocycles. The van der Waals surface area contributed by atoms with Crippen molar-refractivity contribution in [2.45, 2.75) is 20.5 Å². The third-order valence-electron chi connectivity index (χ3n) is 3.53. The first kappa shape index (κ1) is 21.7. The zero-order valence-electron chi connectivity index (χ0n) is 15.5. The molecule has 4 nitrogen and oxygen atoms in total. The van der Waals surface area contributed by atoms with E-state index in [1.54, 1.807) is 12.2 Å². The van der Waals surface area contributed by atoms with E-state index < -0.39 is 0 Å². The fourth-order valence-corrected chi connectivity index (χ4v) is 2.51. The van der Waals surface area contributed by atoms with E-state index >= 15 is 0 Å². The summed E-state index contributed by atoms with van der Waals surface area (Å²) < 4.78 is 5.93. The Bertz CT molecular complexity index is 743. The lowest BCUT2D eigenvalue weighted by atomic mass is 10.1. The second-order valence-corrected chi connectivity index (χ2v) is 6.31. The average Bonchev–Trinajstić information content (AvgIpc) is 2.63. The molecular formula is C21H25NO3S. The van der Waals surface area contributed by atoms with Crippen molar-refractivity contribution < 1.29 is 14.6 Å². The van der Waals surface area contributed by atoms with Gasteiger partial charge in [0.1, 0.15) is 17.4 Å². The van der Waals surface area contributed by atoms with Crippen LogP contribution >= 0.6 is 11.8 Å². The van der Waals surface area contributed by atoms with Gasteiger partial charge in [0.25, 0.3) is 0 Å². The number of ether oxygens (including phenoxy) is 1. The molecule has 0 radical (unpaired) electrons. The molecule has 0 saturated carbocycles. The molecule has 138 valence electrons. The number of Topliss-reactive ketones (excluding diaryl/α,β-unsaturated/α-hetero) is 1. The second-order valence-electron chi connectivity index (χ2n) is 5.51. The van der Waals surface area contributed by atoms with Gasteiger partial charge in [-0.3, -0.25) is 4.79 Å². The molecule has 0 aliphatic rings. The van der Waals surface area contributed by atoms with Crippen LogP contribution in [-0.2, 0) is 16.1 Å². The summed E-state index contributed by atoms with van der Waals surface area (Å²) >= 11 is 1.42. The highest BCUT2D eigenvalue weighted by molar-refractivity contribution is 8.13. The monoisotopic (exact) mass is 371 g/mol. The minimum Gasteiger partial charge on any atom is -0.488 e. The Morgan fingerprint density at radius 3 is 2.46 bits per heavy atom. The Labute approximate surface area is 159 Å². The van der Waals surface area contributed by atoms with E-state index in [0.717, 1.165) is 5.56 Å². The van der Waals surface area contributed by atoms with Crippen LogP contribution in [-0.4, -0.2) is 28.8 Å². The van der Waals surface area contributed by atoms with Crippen molar-refractivity contribution in [3.63, 3.8) is 0 Å². The maximum Gasteiger partial charge on any atom is 0.158 e. The molecule has 0 amide bonds. The molecule has 0 unspecified atom stereocenters. The highest BCUT2D eigenvalue weighted by Gasteiger charge is 2.11. The number of aryl methyl sites for hydroxylation is 1. The van der Waals surface area contributed by atoms with Gasteiger partial charge in [0.2, 0.25) is 0 Å². The molecule has 1 aromatic carbocycles. The van der Waals surface area contributed by atoms with Gasteiger partial charge in [0, 0.05) is 17.3 Å². The van der Waals surface area contributed by atoms with E-state index in [4.69, 9.17) is 4.74 Å². The van der Waals surface area contributed by atoms with Gasteiger partial charge >= 0.3 is 0 Å². The Hall–Kier alpha value is -2.37. The Morgan fingerprint density at radius 1 is 1.31 bits per heavy atom. The standard InChI is InChI=1S/C21H25NO3S/c1-6-22-21(26-5)16(3)20(12-11-19(13-23)17(4)24)25-14-18-9-7-15(2)8-10-18/h6-12,23H,1,3,13-14H2,2,4-5H3/b19-11+,20-12+,22-21?. The van der Waals surface area contributed by atoms with Crippen LogP contribution in [0.5, 0.6) is 0 Å². The van der Waals surface area contributed by atoms with E-state index in [9.17, 15) is 9.90 Å². The third kappa shape index (κ3) is 6.86. The lowest BCUT2D eigenvalue weighted by Gasteiger charge is -2.14. The molecule has 0 bridgehead atoms. The Morgan fingerprint density at radius 2 is 1.96 bits per heavy atom. The normalized spacial score (nSPS) is 12.7. The molecule has 26 heavy (non-hydrogen) atoms. The summed E-state index contributed by atoms with van der Waals surface area (Å²) in [4.78, 5) is 15.7. The molecule has 0 heterocycles. The molecule has 1 N–H and O–H groups in total. The van der Waals surface area contributed by atoms with Crippen molar-refractivity contribution in [1.29, 1.82) is 0 Å². The first-order valence-electron chi connectivity index (χ1n) is 8.06. The zero-order chi connectivity index (χ0) is 19.5. The van der Waals surface area contributed by atoms with Crippen molar-refractivity contribution in [3.8, 4) is 0 Å². The lowest BCUT2D eigenvalue weighted by molar-refractivity contribution is -0.114. The van der Waals surface area contributed by atoms with Gasteiger partial charge in [0.05, 0.1) is 6.61 Å². The molecular weight excluding hydrogens is 346 g/mol. The van der Waals surface area contributed by atoms with Gasteiger partial charge in [-0.15, -0.1) is 11.8 Å². The van der Waals surface area contributed by atoms with Gasteiger partial charge < -0.3 is 9.84 Å². The van der Waals surface area contributed by atoms with Crippen molar-refractivity contribution in [2.75, 3.05) is 12.9 Å². The van der Waals surface area contributed by atoms with Crippen LogP contribution in [0, 0.1) is 6.92 Å². The summed E-state index contributed by atoms with van der Waals surface area (Å²) in [7, 11) is 0. The van der Waals surface area contributed by atoms with Gasteiger partial charge in [-0.05, 0) is 37.8 Å². The Kier molecular flexibility index (Phi) is 9.41. The molecule has 5 heteroatoms. The van der Waals surface area contributed by atoms with E-state index in [-0.39, 0.29) is 12.4 Å². The van der Waals surface area contributed by atoms with Crippen LogP contribution in [0.4, 0.5) is 0 Å². The molecule has 0 aliphatic heterocycles. The first-order chi connectivity index (χ1) is 12.4. The molecule has 0 spiro atoms. The van der Waals surface area contributed by atoms with Crippen molar-refractivity contribution >= 4 is 22.6 Å². The van der Waals surface area contributed by atoms with E-state index in [1.807, 2.05) is 37.4 Å². The van der Waals surface area contributed by atoms with Crippen molar-refractivity contribution in [2.24, 2.45) is 4.99 Å². The molecule has 0 fully saturated rings. The van der Waals surface area contributed by atoms with Crippen LogP contribution in [0.2, 0.25) is 0 Å². The smallest absolute Gasteiger partial charge is 0.158 e. The van der Waals surface area contributed by atoms with Crippen molar-refractivity contribution in [1.82, 2.24) is 0 Å². The van der Waals surface area contributed by atoms with Crippen LogP contribution in [0.15, 0.2) is 77.7 Å². The summed E-state index contributed by atoms with van der Waals surface area (Å²) in [6.45, 7) is 11.1. The van der Waals surface area contributed by atoms with Gasteiger partial charge in [-0.25, -0.2) is 4.99 Å². The minimum atomic E-state index is -0.334. The number of nitrogens with zero attached hydrogens (tertiary/aromatic N) is 1. The molecule has 1 aromatic rings. The van der Waals surface area contributed by atoms with Crippen LogP contribution in [0.1, 0.15) is 18.1 Å². The molecule has 0 atom stereocenters. The zero-order valence-corrected chi connectivity index (χ0v) is 16.3. The second kappa shape index (κ2) is 11.3. The number of allylic oxidation sites excluding steroid dienone is 3. The first-order valence-corrected chi connectivity index (χ1v) is 9.28. The maximum absolute atomic E-state index is 11.5. The number of hydrogen-bond acceptors (Lipinski definition) is 5. The Balaban J connectivity index is 3.13. The number of benzene rings is 1. The topological polar surface area (TPSA) is 58.9 Å². The summed E-state index contributed by atoms with van der Waals surface area (Å²) in [6.07, 6.45) is 6.51. The number of ketones is 1. The highest BCUT2D eigenvalue weighted by Crippen LogP contribution is 2.20. The fourth-order valence-electron chi connectivity index (χ4n) is 1.98. The highest BCUT2D eigenvalue weighted by atomic mass is 32.2. The summed E-state index contributed by atoms with van der Waals surface area (Å²) in [5.41, 5.74) is 3.06. The summed E-state index contributed by atoms with van der Waals surface area (Å²) in [5.74, 6) is 0.282. The van der Waals surface area contributed by atoms with E-state index in [0.29, 0.717) is 28.6 Å². The number of carbonyl (C=O) groups excluding carboxylic acids is 1. The molecule has 1 rings (SSSR count). The van der Waals surface area contributed by atoms with Crippen LogP contribution in [0.3, 0.4) is 0 Å². The predicted octanol–water partition coefficient (Wildman–Crippen LogP) is 4.36. The number of aliphatic hydroxyl groups excluding tert-OH is 1. The number of aliphatic hydroxyl groups is 1. The van der Waals surface area contributed by atoms with E-state index in [2.05, 4.69) is 18.2 Å². The summed E-state index contributed by atoms with van der Waals surface area (Å²) in [5, 5.41) is 9.96. The fraction of sp³-hybridized carbons (Fsp3) is 0.238. The SMILES string of the molecule is C=CN=C(SC)C(=C)/C(=C\C=C(/CO)C(C)=O)OCc1ccc(C)cc1.